The number of guanidine groups is 1. The van der Waals surface area contributed by atoms with Gasteiger partial charge < -0.3 is 25.5 Å². The van der Waals surface area contributed by atoms with Crippen LogP contribution in [0.1, 0.15) is 45.4 Å². The number of nitrogens with one attached hydrogen (secondary N) is 2. The molecule has 0 bridgehead atoms. The molecular weight excluding hydrogens is 366 g/mol. The molecule has 3 N–H and O–H groups in total. The molecule has 2 aliphatic rings. The molecule has 1 aromatic carbocycles. The van der Waals surface area contributed by atoms with Crippen molar-refractivity contribution in [2.24, 2.45) is 4.99 Å². The second-order valence-corrected chi connectivity index (χ2v) is 7.85. The molecule has 0 unspecified atom stereocenters. The Morgan fingerprint density at radius 1 is 1.14 bits per heavy atom. The van der Waals surface area contributed by atoms with Crippen molar-refractivity contribution in [3.05, 3.63) is 24.3 Å². The Morgan fingerprint density at radius 2 is 1.86 bits per heavy atom. The molecule has 3 rings (SSSR count). The lowest BCUT2D eigenvalue weighted by Crippen LogP contribution is -2.52. The molecule has 29 heavy (non-hydrogen) atoms. The van der Waals surface area contributed by atoms with Crippen LogP contribution in [0.2, 0.25) is 0 Å². The summed E-state index contributed by atoms with van der Waals surface area (Å²) >= 11 is 0. The van der Waals surface area contributed by atoms with E-state index in [4.69, 9.17) is 0 Å². The van der Waals surface area contributed by atoms with Gasteiger partial charge >= 0.3 is 0 Å². The van der Waals surface area contributed by atoms with E-state index in [2.05, 4.69) is 32.3 Å². The summed E-state index contributed by atoms with van der Waals surface area (Å²) in [5, 5.41) is 16.6. The Bertz CT molecular complexity index is 680. The fourth-order valence-electron chi connectivity index (χ4n) is 4.13. The normalized spacial score (nSPS) is 18.6. The molecule has 1 saturated carbocycles. The van der Waals surface area contributed by atoms with Crippen LogP contribution < -0.4 is 15.5 Å². The predicted octanol–water partition coefficient (Wildman–Crippen LogP) is 2.32. The topological polar surface area (TPSA) is 80.2 Å². The van der Waals surface area contributed by atoms with Gasteiger partial charge in [0.05, 0.1) is 12.2 Å². The summed E-state index contributed by atoms with van der Waals surface area (Å²) in [6.45, 7) is 6.66. The summed E-state index contributed by atoms with van der Waals surface area (Å²) in [6, 6.07) is 7.83. The Morgan fingerprint density at radius 3 is 2.55 bits per heavy atom. The number of rotatable bonds is 6. The van der Waals surface area contributed by atoms with Crippen molar-refractivity contribution < 1.29 is 9.90 Å². The number of phenols is 1. The number of nitrogens with zero attached hydrogens (tertiary/aromatic N) is 3. The predicted molar refractivity (Wildman–Crippen MR) is 118 cm³/mol. The number of anilines is 1. The number of aliphatic imine (C=N–C) groups is 1. The molecule has 2 fully saturated rings. The average Bonchev–Trinajstić information content (AvgIpc) is 2.74. The Balaban J connectivity index is 1.47. The summed E-state index contributed by atoms with van der Waals surface area (Å²) in [5.74, 6) is 1.31. The number of hydrogen-bond acceptors (Lipinski definition) is 4. The van der Waals surface area contributed by atoms with Crippen molar-refractivity contribution in [2.75, 3.05) is 44.2 Å². The fourth-order valence-corrected chi connectivity index (χ4v) is 4.13. The molecule has 0 radical (unpaired) electrons. The summed E-state index contributed by atoms with van der Waals surface area (Å²) in [5.41, 5.74) is 0.883. The van der Waals surface area contributed by atoms with E-state index in [0.29, 0.717) is 24.8 Å². The quantitative estimate of drug-likeness (QED) is 0.504. The molecule has 7 heteroatoms. The van der Waals surface area contributed by atoms with Crippen LogP contribution in [0.25, 0.3) is 0 Å². The van der Waals surface area contributed by atoms with E-state index in [9.17, 15) is 9.90 Å². The van der Waals surface area contributed by atoms with Gasteiger partial charge in [0, 0.05) is 45.2 Å². The standard InChI is InChI=1S/C22H35N5O2/c1-2-23-22(24-13-12-21(29)25-18-8-4-3-5-9-18)27-16-14-26(15-17-27)19-10-6-7-11-20(19)28/h6-7,10-11,18,28H,2-5,8-9,12-17H2,1H3,(H,23,24)(H,25,29). The largest absolute Gasteiger partial charge is 0.506 e. The first-order valence-corrected chi connectivity index (χ1v) is 11.0. The van der Waals surface area contributed by atoms with Crippen LogP contribution in [0.15, 0.2) is 29.3 Å². The highest BCUT2D eigenvalue weighted by Crippen LogP contribution is 2.27. The first-order valence-electron chi connectivity index (χ1n) is 11.0. The third-order valence-electron chi connectivity index (χ3n) is 5.71. The van der Waals surface area contributed by atoms with E-state index in [-0.39, 0.29) is 5.91 Å². The summed E-state index contributed by atoms with van der Waals surface area (Å²) < 4.78 is 0. The maximum atomic E-state index is 12.2. The fraction of sp³-hybridized carbons (Fsp3) is 0.636. The van der Waals surface area contributed by atoms with Crippen molar-refractivity contribution in [2.45, 2.75) is 51.5 Å². The molecule has 7 nitrogen and oxygen atoms in total. The number of carbonyl (C=O) groups is 1. The van der Waals surface area contributed by atoms with Crippen LogP contribution in [0.5, 0.6) is 5.75 Å². The average molecular weight is 402 g/mol. The number of amides is 1. The molecule has 1 aliphatic heterocycles. The SMILES string of the molecule is CCNC(=NCCC(=O)NC1CCCCC1)N1CCN(c2ccccc2O)CC1. The Kier molecular flexibility index (Phi) is 8.02. The van der Waals surface area contributed by atoms with Gasteiger partial charge in [-0.05, 0) is 31.9 Å². The minimum Gasteiger partial charge on any atom is -0.506 e. The smallest absolute Gasteiger partial charge is 0.222 e. The van der Waals surface area contributed by atoms with E-state index >= 15 is 0 Å². The van der Waals surface area contributed by atoms with Crippen molar-refractivity contribution in [1.29, 1.82) is 0 Å². The third kappa shape index (κ3) is 6.27. The Labute approximate surface area is 174 Å². The van der Waals surface area contributed by atoms with Gasteiger partial charge in [-0.25, -0.2) is 0 Å². The molecular formula is C22H35N5O2. The number of hydrogen-bond donors (Lipinski definition) is 3. The first kappa shape index (κ1) is 21.3. The Hall–Kier alpha value is -2.44. The van der Waals surface area contributed by atoms with Gasteiger partial charge in [-0.3, -0.25) is 9.79 Å². The van der Waals surface area contributed by atoms with Crippen molar-refractivity contribution in [3.63, 3.8) is 0 Å². The highest BCUT2D eigenvalue weighted by molar-refractivity contribution is 5.81. The number of carbonyl (C=O) groups excluding carboxylic acids is 1. The lowest BCUT2D eigenvalue weighted by Gasteiger charge is -2.37. The van der Waals surface area contributed by atoms with Crippen LogP contribution in [0.3, 0.4) is 0 Å². The first-order chi connectivity index (χ1) is 14.2. The number of phenolic OH excluding ortho intramolecular Hbond substituents is 1. The zero-order chi connectivity index (χ0) is 20.5. The minimum atomic E-state index is 0.112. The van der Waals surface area contributed by atoms with Crippen LogP contribution >= 0.6 is 0 Å². The molecule has 0 aromatic heterocycles. The lowest BCUT2D eigenvalue weighted by molar-refractivity contribution is -0.121. The van der Waals surface area contributed by atoms with Crippen LogP contribution in [0, 0.1) is 0 Å². The number of benzene rings is 1. The number of aromatic hydroxyl groups is 1. The monoisotopic (exact) mass is 401 g/mol. The summed E-state index contributed by atoms with van der Waals surface area (Å²) in [6.07, 6.45) is 6.39. The van der Waals surface area contributed by atoms with E-state index < -0.39 is 0 Å². The van der Waals surface area contributed by atoms with Gasteiger partial charge in [-0.1, -0.05) is 31.4 Å². The van der Waals surface area contributed by atoms with Gasteiger partial charge in [-0.15, -0.1) is 0 Å². The lowest BCUT2D eigenvalue weighted by atomic mass is 9.95. The number of para-hydroxylation sites is 2. The van der Waals surface area contributed by atoms with Gasteiger partial charge in [0.2, 0.25) is 5.91 Å². The molecule has 0 spiro atoms. The van der Waals surface area contributed by atoms with E-state index in [0.717, 1.165) is 57.2 Å². The molecule has 1 amide bonds. The highest BCUT2D eigenvalue weighted by Gasteiger charge is 2.21. The van der Waals surface area contributed by atoms with Crippen LogP contribution in [-0.4, -0.2) is 67.2 Å². The van der Waals surface area contributed by atoms with Crippen molar-refractivity contribution in [3.8, 4) is 5.75 Å². The maximum absolute atomic E-state index is 12.2. The van der Waals surface area contributed by atoms with Gasteiger partial charge in [0.25, 0.3) is 0 Å². The van der Waals surface area contributed by atoms with Gasteiger partial charge in [0.15, 0.2) is 5.96 Å². The van der Waals surface area contributed by atoms with E-state index in [1.54, 1.807) is 6.07 Å². The van der Waals surface area contributed by atoms with Gasteiger partial charge in [-0.2, -0.15) is 0 Å². The number of piperazine rings is 1. The van der Waals surface area contributed by atoms with E-state index in [1.807, 2.05) is 18.2 Å². The molecule has 0 atom stereocenters. The summed E-state index contributed by atoms with van der Waals surface area (Å²) in [4.78, 5) is 21.3. The molecule has 160 valence electrons. The van der Waals surface area contributed by atoms with Crippen LogP contribution in [-0.2, 0) is 4.79 Å². The third-order valence-corrected chi connectivity index (χ3v) is 5.71. The minimum absolute atomic E-state index is 0.112. The summed E-state index contributed by atoms with van der Waals surface area (Å²) in [7, 11) is 0. The molecule has 1 aliphatic carbocycles. The zero-order valence-electron chi connectivity index (χ0n) is 17.6. The molecule has 1 saturated heterocycles. The maximum Gasteiger partial charge on any atom is 0.222 e. The zero-order valence-corrected chi connectivity index (χ0v) is 17.6. The molecule has 1 aromatic rings. The molecule has 1 heterocycles. The van der Waals surface area contributed by atoms with Crippen LogP contribution in [0.4, 0.5) is 5.69 Å². The van der Waals surface area contributed by atoms with Crippen molar-refractivity contribution in [1.82, 2.24) is 15.5 Å². The van der Waals surface area contributed by atoms with Crippen molar-refractivity contribution >= 4 is 17.6 Å². The second-order valence-electron chi connectivity index (χ2n) is 7.85. The highest BCUT2D eigenvalue weighted by atomic mass is 16.3. The van der Waals surface area contributed by atoms with Gasteiger partial charge in [0.1, 0.15) is 5.75 Å². The van der Waals surface area contributed by atoms with E-state index in [1.165, 1.54) is 19.3 Å². The second kappa shape index (κ2) is 10.9.